The SMILES string of the molecule is CCCNc1cc(OCCCC(C)C)nc(C2CC2)n1. The van der Waals surface area contributed by atoms with Crippen molar-refractivity contribution in [3.63, 3.8) is 0 Å². The second kappa shape index (κ2) is 7.46. The molecule has 1 fully saturated rings. The molecule has 1 aliphatic rings. The van der Waals surface area contributed by atoms with Crippen LogP contribution in [-0.2, 0) is 0 Å². The fraction of sp³-hybridized carbons (Fsp3) is 0.750. The van der Waals surface area contributed by atoms with E-state index in [1.807, 2.05) is 6.07 Å². The summed E-state index contributed by atoms with van der Waals surface area (Å²) in [6, 6.07) is 1.93. The normalized spacial score (nSPS) is 14.6. The Hall–Kier alpha value is -1.32. The molecular weight excluding hydrogens is 250 g/mol. The van der Waals surface area contributed by atoms with E-state index in [2.05, 4.69) is 36.1 Å². The molecule has 0 radical (unpaired) electrons. The van der Waals surface area contributed by atoms with Crippen molar-refractivity contribution in [3.05, 3.63) is 11.9 Å². The van der Waals surface area contributed by atoms with Crippen molar-refractivity contribution < 1.29 is 4.74 Å². The first-order valence-corrected chi connectivity index (χ1v) is 7.94. The third-order valence-corrected chi connectivity index (χ3v) is 3.39. The molecular formula is C16H27N3O. The van der Waals surface area contributed by atoms with Crippen LogP contribution in [0, 0.1) is 5.92 Å². The Kier molecular flexibility index (Phi) is 5.62. The van der Waals surface area contributed by atoms with Gasteiger partial charge in [0.1, 0.15) is 11.6 Å². The van der Waals surface area contributed by atoms with Crippen molar-refractivity contribution in [3.8, 4) is 5.88 Å². The van der Waals surface area contributed by atoms with Gasteiger partial charge in [-0.25, -0.2) is 4.98 Å². The number of anilines is 1. The molecule has 1 aromatic heterocycles. The maximum Gasteiger partial charge on any atom is 0.218 e. The molecule has 1 heterocycles. The van der Waals surface area contributed by atoms with Gasteiger partial charge < -0.3 is 10.1 Å². The van der Waals surface area contributed by atoms with Crippen LogP contribution in [0.1, 0.15) is 64.6 Å². The number of hydrogen-bond donors (Lipinski definition) is 1. The summed E-state index contributed by atoms with van der Waals surface area (Å²) in [5.74, 6) is 3.86. The van der Waals surface area contributed by atoms with Gasteiger partial charge in [0.15, 0.2) is 0 Å². The summed E-state index contributed by atoms with van der Waals surface area (Å²) in [5.41, 5.74) is 0. The van der Waals surface area contributed by atoms with Crippen LogP contribution in [0.5, 0.6) is 5.88 Å². The van der Waals surface area contributed by atoms with E-state index in [1.54, 1.807) is 0 Å². The van der Waals surface area contributed by atoms with Crippen LogP contribution in [0.15, 0.2) is 6.07 Å². The number of rotatable bonds is 9. The van der Waals surface area contributed by atoms with Crippen LogP contribution in [0.25, 0.3) is 0 Å². The molecule has 0 bridgehead atoms. The van der Waals surface area contributed by atoms with Crippen LogP contribution in [-0.4, -0.2) is 23.1 Å². The first kappa shape index (κ1) is 15.1. The molecule has 1 N–H and O–H groups in total. The smallest absolute Gasteiger partial charge is 0.218 e. The van der Waals surface area contributed by atoms with Crippen molar-refractivity contribution in [2.24, 2.45) is 5.92 Å². The average molecular weight is 277 g/mol. The fourth-order valence-electron chi connectivity index (χ4n) is 2.05. The first-order chi connectivity index (χ1) is 9.69. The van der Waals surface area contributed by atoms with E-state index in [-0.39, 0.29) is 0 Å². The maximum absolute atomic E-state index is 5.80. The lowest BCUT2D eigenvalue weighted by molar-refractivity contribution is 0.286. The molecule has 20 heavy (non-hydrogen) atoms. The van der Waals surface area contributed by atoms with E-state index in [0.29, 0.717) is 5.92 Å². The highest BCUT2D eigenvalue weighted by Crippen LogP contribution is 2.39. The van der Waals surface area contributed by atoms with Gasteiger partial charge in [0.05, 0.1) is 6.61 Å². The van der Waals surface area contributed by atoms with Crippen LogP contribution < -0.4 is 10.1 Å². The number of nitrogens with zero attached hydrogens (tertiary/aromatic N) is 2. The lowest BCUT2D eigenvalue weighted by atomic mass is 10.1. The Morgan fingerprint density at radius 2 is 2.15 bits per heavy atom. The summed E-state index contributed by atoms with van der Waals surface area (Å²) in [7, 11) is 0. The Morgan fingerprint density at radius 1 is 1.35 bits per heavy atom. The highest BCUT2D eigenvalue weighted by atomic mass is 16.5. The largest absolute Gasteiger partial charge is 0.478 e. The molecule has 0 atom stereocenters. The Morgan fingerprint density at radius 3 is 2.80 bits per heavy atom. The number of ether oxygens (including phenoxy) is 1. The van der Waals surface area contributed by atoms with Crippen LogP contribution in [0.3, 0.4) is 0 Å². The molecule has 0 unspecified atom stereocenters. The summed E-state index contributed by atoms with van der Waals surface area (Å²) in [5, 5.41) is 3.34. The van der Waals surface area contributed by atoms with E-state index in [1.165, 1.54) is 19.3 Å². The molecule has 2 rings (SSSR count). The van der Waals surface area contributed by atoms with Gasteiger partial charge in [-0.1, -0.05) is 20.8 Å². The van der Waals surface area contributed by atoms with Gasteiger partial charge in [0.25, 0.3) is 0 Å². The molecule has 1 aliphatic carbocycles. The van der Waals surface area contributed by atoms with Gasteiger partial charge in [-0.15, -0.1) is 0 Å². The van der Waals surface area contributed by atoms with Crippen LogP contribution in [0.4, 0.5) is 5.82 Å². The maximum atomic E-state index is 5.80. The minimum atomic E-state index is 0.552. The lowest BCUT2D eigenvalue weighted by Gasteiger charge is -2.11. The molecule has 0 amide bonds. The molecule has 0 spiro atoms. The van der Waals surface area contributed by atoms with Gasteiger partial charge in [0, 0.05) is 18.5 Å². The second-order valence-electron chi connectivity index (χ2n) is 6.04. The summed E-state index contributed by atoms with van der Waals surface area (Å²) in [6.45, 7) is 8.31. The standard InChI is InChI=1S/C16H27N3O/c1-4-9-17-14-11-15(20-10-5-6-12(2)3)19-16(18-14)13-7-8-13/h11-13H,4-10H2,1-3H3,(H,17,18,19). The highest BCUT2D eigenvalue weighted by molar-refractivity contribution is 5.39. The molecule has 0 saturated heterocycles. The summed E-state index contributed by atoms with van der Waals surface area (Å²) >= 11 is 0. The lowest BCUT2D eigenvalue weighted by Crippen LogP contribution is -2.07. The van der Waals surface area contributed by atoms with Crippen LogP contribution in [0.2, 0.25) is 0 Å². The highest BCUT2D eigenvalue weighted by Gasteiger charge is 2.27. The first-order valence-electron chi connectivity index (χ1n) is 7.94. The van der Waals surface area contributed by atoms with Crippen LogP contribution >= 0.6 is 0 Å². The molecule has 4 nitrogen and oxygen atoms in total. The van der Waals surface area contributed by atoms with Crippen molar-refractivity contribution in [2.45, 2.75) is 58.8 Å². The molecule has 0 aliphatic heterocycles. The minimum absolute atomic E-state index is 0.552. The van der Waals surface area contributed by atoms with E-state index >= 15 is 0 Å². The zero-order valence-corrected chi connectivity index (χ0v) is 13.0. The number of hydrogen-bond acceptors (Lipinski definition) is 4. The third kappa shape index (κ3) is 4.99. The van der Waals surface area contributed by atoms with E-state index in [4.69, 9.17) is 4.74 Å². The van der Waals surface area contributed by atoms with Gasteiger partial charge in [-0.2, -0.15) is 4.98 Å². The quantitative estimate of drug-likeness (QED) is 0.693. The second-order valence-corrected chi connectivity index (χ2v) is 6.04. The Labute approximate surface area is 122 Å². The Bertz CT molecular complexity index is 416. The van der Waals surface area contributed by atoms with E-state index in [9.17, 15) is 0 Å². The Balaban J connectivity index is 1.93. The number of aromatic nitrogens is 2. The van der Waals surface area contributed by atoms with Crippen molar-refractivity contribution in [1.82, 2.24) is 9.97 Å². The van der Waals surface area contributed by atoms with Crippen molar-refractivity contribution >= 4 is 5.82 Å². The topological polar surface area (TPSA) is 47.0 Å². The van der Waals surface area contributed by atoms with Gasteiger partial charge in [-0.05, 0) is 38.0 Å². The van der Waals surface area contributed by atoms with Crippen molar-refractivity contribution in [2.75, 3.05) is 18.5 Å². The van der Waals surface area contributed by atoms with Gasteiger partial charge >= 0.3 is 0 Å². The average Bonchev–Trinajstić information content (AvgIpc) is 3.25. The predicted molar refractivity (Wildman–Crippen MR) is 82.4 cm³/mol. The van der Waals surface area contributed by atoms with Crippen molar-refractivity contribution in [1.29, 1.82) is 0 Å². The van der Waals surface area contributed by atoms with Gasteiger partial charge in [0.2, 0.25) is 5.88 Å². The van der Waals surface area contributed by atoms with E-state index < -0.39 is 0 Å². The molecule has 1 aromatic rings. The fourth-order valence-corrected chi connectivity index (χ4v) is 2.05. The van der Waals surface area contributed by atoms with E-state index in [0.717, 1.165) is 49.4 Å². The minimum Gasteiger partial charge on any atom is -0.478 e. The predicted octanol–water partition coefficient (Wildman–Crippen LogP) is 3.99. The summed E-state index contributed by atoms with van der Waals surface area (Å²) in [4.78, 5) is 9.13. The molecule has 0 aromatic carbocycles. The number of nitrogens with one attached hydrogen (secondary N) is 1. The monoisotopic (exact) mass is 277 g/mol. The van der Waals surface area contributed by atoms with Gasteiger partial charge in [-0.3, -0.25) is 0 Å². The summed E-state index contributed by atoms with van der Waals surface area (Å²) in [6.07, 6.45) is 5.79. The zero-order chi connectivity index (χ0) is 14.4. The summed E-state index contributed by atoms with van der Waals surface area (Å²) < 4.78 is 5.80. The third-order valence-electron chi connectivity index (χ3n) is 3.39. The molecule has 4 heteroatoms. The zero-order valence-electron chi connectivity index (χ0n) is 13.0. The molecule has 1 saturated carbocycles. The molecule has 112 valence electrons.